The molecule has 0 saturated heterocycles. The Bertz CT molecular complexity index is 1200. The van der Waals surface area contributed by atoms with Gasteiger partial charge in [-0.05, 0) is 37.1 Å². The van der Waals surface area contributed by atoms with Gasteiger partial charge in [0, 0.05) is 43.3 Å². The van der Waals surface area contributed by atoms with Gasteiger partial charge in [0.05, 0.1) is 5.69 Å². The third-order valence-corrected chi connectivity index (χ3v) is 5.12. The van der Waals surface area contributed by atoms with Crippen molar-refractivity contribution >= 4 is 11.3 Å². The maximum absolute atomic E-state index is 6.19. The zero-order chi connectivity index (χ0) is 20.3. The molecular formula is C22H21N7O. The minimum absolute atomic E-state index is 0.339. The second-order valence-electron chi connectivity index (χ2n) is 7.13. The van der Waals surface area contributed by atoms with Crippen LogP contribution in [0.2, 0.25) is 0 Å². The first kappa shape index (κ1) is 18.2. The Balaban J connectivity index is 1.57. The first-order valence-corrected chi connectivity index (χ1v) is 9.90. The van der Waals surface area contributed by atoms with E-state index in [9.17, 15) is 0 Å². The smallest absolute Gasteiger partial charge is 0.256 e. The van der Waals surface area contributed by atoms with Gasteiger partial charge < -0.3 is 9.64 Å². The number of fused-ring (bicyclic) bond motifs is 1. The Morgan fingerprint density at radius 3 is 2.83 bits per heavy atom. The molecule has 1 aliphatic rings. The van der Waals surface area contributed by atoms with Crippen molar-refractivity contribution in [3.63, 3.8) is 0 Å². The van der Waals surface area contributed by atoms with Gasteiger partial charge in [-0.25, -0.2) is 0 Å². The molecule has 0 spiro atoms. The second kappa shape index (κ2) is 7.90. The number of hydrogen-bond acceptors (Lipinski definition) is 7. The van der Waals surface area contributed by atoms with E-state index in [2.05, 4.69) is 37.2 Å². The molecule has 30 heavy (non-hydrogen) atoms. The van der Waals surface area contributed by atoms with Crippen LogP contribution in [-0.4, -0.2) is 42.9 Å². The van der Waals surface area contributed by atoms with Crippen LogP contribution in [0, 0.1) is 6.92 Å². The summed E-state index contributed by atoms with van der Waals surface area (Å²) in [5.41, 5.74) is 4.39. The third kappa shape index (κ3) is 3.47. The van der Waals surface area contributed by atoms with Crippen LogP contribution in [0.5, 0.6) is 5.88 Å². The minimum Gasteiger partial charge on any atom is -0.469 e. The summed E-state index contributed by atoms with van der Waals surface area (Å²) in [7, 11) is 0. The molecule has 0 unspecified atom stereocenters. The van der Waals surface area contributed by atoms with Crippen molar-refractivity contribution in [2.45, 2.75) is 20.0 Å². The number of aryl methyl sites for hydroxylation is 1. The molecule has 0 aliphatic carbocycles. The molecule has 4 aromatic heterocycles. The summed E-state index contributed by atoms with van der Waals surface area (Å²) < 4.78 is 7.90. The zero-order valence-electron chi connectivity index (χ0n) is 16.6. The number of hydrogen-bond donors (Lipinski definition) is 0. The van der Waals surface area contributed by atoms with Gasteiger partial charge in [0.2, 0.25) is 0 Å². The van der Waals surface area contributed by atoms with Crippen LogP contribution in [0.3, 0.4) is 0 Å². The molecule has 1 aliphatic heterocycles. The fraction of sp³-hybridized carbons (Fsp3) is 0.227. The molecule has 0 aromatic carbocycles. The number of anilines is 1. The Hall–Kier alpha value is -3.81. The molecule has 0 radical (unpaired) electrons. The van der Waals surface area contributed by atoms with E-state index in [1.807, 2.05) is 37.3 Å². The monoisotopic (exact) mass is 399 g/mol. The molecule has 0 N–H and O–H groups in total. The highest BCUT2D eigenvalue weighted by Gasteiger charge is 2.20. The highest BCUT2D eigenvalue weighted by molar-refractivity contribution is 5.65. The number of rotatable bonds is 5. The van der Waals surface area contributed by atoms with Crippen molar-refractivity contribution in [3.8, 4) is 17.3 Å². The first-order chi connectivity index (χ1) is 14.8. The SMILES string of the molecule is Cc1cccnc1COc1nn2c(-c3cccnc3)nnc2cc1N1CC=CCC1. The fourth-order valence-electron chi connectivity index (χ4n) is 3.48. The van der Waals surface area contributed by atoms with Crippen molar-refractivity contribution in [3.05, 3.63) is 72.3 Å². The summed E-state index contributed by atoms with van der Waals surface area (Å²) in [6.45, 7) is 4.07. The number of nitrogens with zero attached hydrogens (tertiary/aromatic N) is 7. The molecule has 0 saturated carbocycles. The maximum Gasteiger partial charge on any atom is 0.256 e. The van der Waals surface area contributed by atoms with Gasteiger partial charge in [-0.1, -0.05) is 18.2 Å². The second-order valence-corrected chi connectivity index (χ2v) is 7.13. The molecule has 150 valence electrons. The van der Waals surface area contributed by atoms with Crippen LogP contribution in [0.15, 0.2) is 61.1 Å². The summed E-state index contributed by atoms with van der Waals surface area (Å²) in [6.07, 6.45) is 10.6. The molecule has 0 amide bonds. The molecular weight excluding hydrogens is 378 g/mol. The van der Waals surface area contributed by atoms with E-state index in [0.717, 1.165) is 42.0 Å². The molecule has 0 bridgehead atoms. The number of pyridine rings is 2. The highest BCUT2D eigenvalue weighted by atomic mass is 16.5. The van der Waals surface area contributed by atoms with Crippen LogP contribution in [0.1, 0.15) is 17.7 Å². The third-order valence-electron chi connectivity index (χ3n) is 5.12. The zero-order valence-corrected chi connectivity index (χ0v) is 16.6. The Kier molecular flexibility index (Phi) is 4.80. The molecule has 8 heteroatoms. The average molecular weight is 399 g/mol. The number of ether oxygens (including phenoxy) is 1. The van der Waals surface area contributed by atoms with Crippen molar-refractivity contribution in [1.82, 2.24) is 29.8 Å². The Labute approximate surface area is 173 Å². The van der Waals surface area contributed by atoms with Crippen LogP contribution in [0.25, 0.3) is 17.0 Å². The fourth-order valence-corrected chi connectivity index (χ4v) is 3.48. The number of aromatic nitrogens is 6. The van der Waals surface area contributed by atoms with Gasteiger partial charge in [0.15, 0.2) is 11.5 Å². The summed E-state index contributed by atoms with van der Waals surface area (Å²) in [4.78, 5) is 10.9. The average Bonchev–Trinajstić information content (AvgIpc) is 3.22. The van der Waals surface area contributed by atoms with Crippen LogP contribution in [-0.2, 0) is 6.61 Å². The van der Waals surface area contributed by atoms with E-state index in [4.69, 9.17) is 9.84 Å². The van der Waals surface area contributed by atoms with Crippen molar-refractivity contribution < 1.29 is 4.74 Å². The summed E-state index contributed by atoms with van der Waals surface area (Å²) in [5, 5.41) is 13.4. The van der Waals surface area contributed by atoms with Crippen molar-refractivity contribution in [1.29, 1.82) is 0 Å². The molecule has 0 atom stereocenters. The van der Waals surface area contributed by atoms with E-state index in [-0.39, 0.29) is 0 Å². The Morgan fingerprint density at radius 1 is 1.10 bits per heavy atom. The largest absolute Gasteiger partial charge is 0.469 e. The van der Waals surface area contributed by atoms with Gasteiger partial charge in [-0.3, -0.25) is 9.97 Å². The van der Waals surface area contributed by atoms with Gasteiger partial charge >= 0.3 is 0 Å². The summed E-state index contributed by atoms with van der Waals surface area (Å²) >= 11 is 0. The molecule has 5 heterocycles. The summed E-state index contributed by atoms with van der Waals surface area (Å²) in [6, 6.07) is 9.74. The Morgan fingerprint density at radius 2 is 2.03 bits per heavy atom. The van der Waals surface area contributed by atoms with Gasteiger partial charge in [0.25, 0.3) is 5.88 Å². The van der Waals surface area contributed by atoms with Crippen molar-refractivity contribution in [2.24, 2.45) is 0 Å². The lowest BCUT2D eigenvalue weighted by atomic mass is 10.2. The topological polar surface area (TPSA) is 81.3 Å². The van der Waals surface area contributed by atoms with Crippen LogP contribution < -0.4 is 9.64 Å². The van der Waals surface area contributed by atoms with Gasteiger partial charge in [-0.2, -0.15) is 4.52 Å². The van der Waals surface area contributed by atoms with E-state index in [1.165, 1.54) is 0 Å². The molecule has 8 nitrogen and oxygen atoms in total. The predicted octanol–water partition coefficient (Wildman–Crippen LogP) is 3.24. The van der Waals surface area contributed by atoms with Crippen LogP contribution in [0.4, 0.5) is 5.69 Å². The van der Waals surface area contributed by atoms with E-state index >= 15 is 0 Å². The minimum atomic E-state index is 0.339. The lowest BCUT2D eigenvalue weighted by molar-refractivity contribution is 0.284. The summed E-state index contributed by atoms with van der Waals surface area (Å²) in [5.74, 6) is 1.16. The molecule has 4 aromatic rings. The normalized spacial score (nSPS) is 13.7. The standard InChI is InChI=1S/C22H21N7O/c1-16-7-5-10-24-18(16)15-30-22-19(28-11-3-2-4-12-28)13-20-25-26-21(29(20)27-22)17-8-6-9-23-14-17/h2-3,5-10,13-14H,4,11-12,15H2,1H3. The van der Waals surface area contributed by atoms with Gasteiger partial charge in [-0.15, -0.1) is 15.3 Å². The lowest BCUT2D eigenvalue weighted by Crippen LogP contribution is -2.27. The van der Waals surface area contributed by atoms with Crippen molar-refractivity contribution in [2.75, 3.05) is 18.0 Å². The lowest BCUT2D eigenvalue weighted by Gasteiger charge is -2.26. The quantitative estimate of drug-likeness (QED) is 0.477. The van der Waals surface area contributed by atoms with E-state index in [1.54, 1.807) is 23.1 Å². The maximum atomic E-state index is 6.19. The molecule has 5 rings (SSSR count). The van der Waals surface area contributed by atoms with E-state index in [0.29, 0.717) is 24.0 Å². The van der Waals surface area contributed by atoms with Crippen LogP contribution >= 0.6 is 0 Å². The van der Waals surface area contributed by atoms with Gasteiger partial charge in [0.1, 0.15) is 12.3 Å². The first-order valence-electron chi connectivity index (χ1n) is 9.90. The molecule has 0 fully saturated rings. The van der Waals surface area contributed by atoms with E-state index < -0.39 is 0 Å². The highest BCUT2D eigenvalue weighted by Crippen LogP contribution is 2.30. The predicted molar refractivity (Wildman–Crippen MR) is 113 cm³/mol.